The standard InChI is InChI=1S/C18H17FO3/c1-11-4-5-12(2)16(8-11)18(21)10-22-14-6-7-15(13(3)20)17(19)9-14/h4-9H,10H2,1-3H3. The minimum absolute atomic E-state index is 0.00760. The molecule has 2 rings (SSSR count). The minimum atomic E-state index is -0.649. The van der Waals surface area contributed by atoms with Crippen LogP contribution in [0.4, 0.5) is 4.39 Å². The number of ketones is 2. The third kappa shape index (κ3) is 3.58. The molecule has 0 unspecified atom stereocenters. The fourth-order valence-electron chi connectivity index (χ4n) is 2.13. The first-order valence-electron chi connectivity index (χ1n) is 6.92. The quantitative estimate of drug-likeness (QED) is 0.786. The lowest BCUT2D eigenvalue weighted by Gasteiger charge is -2.09. The van der Waals surface area contributed by atoms with Gasteiger partial charge in [0.2, 0.25) is 0 Å². The molecule has 22 heavy (non-hydrogen) atoms. The zero-order valence-electron chi connectivity index (χ0n) is 12.8. The van der Waals surface area contributed by atoms with E-state index >= 15 is 0 Å². The number of rotatable bonds is 5. The van der Waals surface area contributed by atoms with E-state index in [2.05, 4.69) is 0 Å². The number of hydrogen-bond acceptors (Lipinski definition) is 3. The summed E-state index contributed by atoms with van der Waals surface area (Å²) >= 11 is 0. The molecule has 0 amide bonds. The molecule has 2 aromatic carbocycles. The van der Waals surface area contributed by atoms with Crippen LogP contribution in [0.15, 0.2) is 36.4 Å². The van der Waals surface area contributed by atoms with E-state index in [0.29, 0.717) is 5.56 Å². The third-order valence-electron chi connectivity index (χ3n) is 3.38. The maximum atomic E-state index is 13.7. The first-order chi connectivity index (χ1) is 10.4. The van der Waals surface area contributed by atoms with Crippen molar-refractivity contribution in [2.75, 3.05) is 6.61 Å². The normalized spacial score (nSPS) is 10.4. The number of hydrogen-bond donors (Lipinski definition) is 0. The Kier molecular flexibility index (Phi) is 4.71. The van der Waals surface area contributed by atoms with Crippen LogP contribution in [0.2, 0.25) is 0 Å². The van der Waals surface area contributed by atoms with Gasteiger partial charge in [0.15, 0.2) is 18.2 Å². The van der Waals surface area contributed by atoms with Crippen LogP contribution < -0.4 is 4.74 Å². The number of benzene rings is 2. The summed E-state index contributed by atoms with van der Waals surface area (Å²) in [7, 11) is 0. The predicted octanol–water partition coefficient (Wildman–Crippen LogP) is 3.91. The van der Waals surface area contributed by atoms with Crippen LogP contribution in [0.25, 0.3) is 0 Å². The van der Waals surface area contributed by atoms with Crippen LogP contribution in [-0.4, -0.2) is 18.2 Å². The fraction of sp³-hybridized carbons (Fsp3) is 0.222. The Morgan fingerprint density at radius 3 is 2.41 bits per heavy atom. The van der Waals surface area contributed by atoms with Gasteiger partial charge in [-0.05, 0) is 44.5 Å². The predicted molar refractivity (Wildman–Crippen MR) is 82.1 cm³/mol. The average Bonchev–Trinajstić information content (AvgIpc) is 2.47. The fourth-order valence-corrected chi connectivity index (χ4v) is 2.13. The lowest BCUT2D eigenvalue weighted by molar-refractivity contribution is 0.0919. The van der Waals surface area contributed by atoms with Crippen molar-refractivity contribution in [3.63, 3.8) is 0 Å². The molecule has 0 fully saturated rings. The zero-order chi connectivity index (χ0) is 16.3. The maximum Gasteiger partial charge on any atom is 0.200 e. The molecule has 0 spiro atoms. The molecule has 3 nitrogen and oxygen atoms in total. The topological polar surface area (TPSA) is 43.4 Å². The first kappa shape index (κ1) is 15.9. The summed E-state index contributed by atoms with van der Waals surface area (Å²) in [4.78, 5) is 23.3. The van der Waals surface area contributed by atoms with E-state index in [4.69, 9.17) is 4.74 Å². The highest BCUT2D eigenvalue weighted by Gasteiger charge is 2.12. The van der Waals surface area contributed by atoms with Crippen molar-refractivity contribution in [2.24, 2.45) is 0 Å². The van der Waals surface area contributed by atoms with Crippen LogP contribution in [-0.2, 0) is 0 Å². The van der Waals surface area contributed by atoms with Gasteiger partial charge < -0.3 is 4.74 Å². The highest BCUT2D eigenvalue weighted by atomic mass is 19.1. The molecule has 0 aromatic heterocycles. The van der Waals surface area contributed by atoms with E-state index in [1.165, 1.54) is 19.1 Å². The maximum absolute atomic E-state index is 13.7. The smallest absolute Gasteiger partial charge is 0.200 e. The van der Waals surface area contributed by atoms with E-state index in [1.54, 1.807) is 6.07 Å². The molecule has 0 N–H and O–H groups in total. The van der Waals surface area contributed by atoms with Gasteiger partial charge in [0.25, 0.3) is 0 Å². The molecule has 0 aliphatic rings. The number of aryl methyl sites for hydroxylation is 2. The van der Waals surface area contributed by atoms with Crippen LogP contribution in [0.3, 0.4) is 0 Å². The molecule has 0 saturated carbocycles. The van der Waals surface area contributed by atoms with Crippen LogP contribution in [0.5, 0.6) is 5.75 Å². The van der Waals surface area contributed by atoms with Crippen molar-refractivity contribution >= 4 is 11.6 Å². The van der Waals surface area contributed by atoms with Gasteiger partial charge in [0.05, 0.1) is 5.56 Å². The molecular formula is C18H17FO3. The van der Waals surface area contributed by atoms with E-state index in [0.717, 1.165) is 17.2 Å². The van der Waals surface area contributed by atoms with E-state index in [-0.39, 0.29) is 29.5 Å². The van der Waals surface area contributed by atoms with Crippen molar-refractivity contribution in [1.29, 1.82) is 0 Å². The number of carbonyl (C=O) groups is 2. The summed E-state index contributed by atoms with van der Waals surface area (Å²) in [5.74, 6) is -0.946. The van der Waals surface area contributed by atoms with Crippen molar-refractivity contribution in [3.8, 4) is 5.75 Å². The lowest BCUT2D eigenvalue weighted by Crippen LogP contribution is -2.13. The molecule has 0 aliphatic carbocycles. The van der Waals surface area contributed by atoms with E-state index in [9.17, 15) is 14.0 Å². The third-order valence-corrected chi connectivity index (χ3v) is 3.38. The summed E-state index contributed by atoms with van der Waals surface area (Å²) in [6, 6.07) is 9.58. The molecule has 0 saturated heterocycles. The number of ether oxygens (including phenoxy) is 1. The molecule has 0 bridgehead atoms. The van der Waals surface area contributed by atoms with Gasteiger partial charge in [0.1, 0.15) is 11.6 Å². The van der Waals surface area contributed by atoms with Crippen molar-refractivity contribution in [1.82, 2.24) is 0 Å². The Morgan fingerprint density at radius 1 is 1.05 bits per heavy atom. The Hall–Kier alpha value is -2.49. The van der Waals surface area contributed by atoms with Crippen LogP contribution in [0, 0.1) is 19.7 Å². The number of halogens is 1. The Labute approximate surface area is 128 Å². The van der Waals surface area contributed by atoms with Crippen molar-refractivity contribution in [3.05, 3.63) is 64.5 Å². The highest BCUT2D eigenvalue weighted by Crippen LogP contribution is 2.18. The average molecular weight is 300 g/mol. The number of carbonyl (C=O) groups excluding carboxylic acids is 2. The Morgan fingerprint density at radius 2 is 1.77 bits per heavy atom. The summed E-state index contributed by atoms with van der Waals surface area (Å²) in [5.41, 5.74) is 2.47. The second-order valence-corrected chi connectivity index (χ2v) is 5.23. The minimum Gasteiger partial charge on any atom is -0.485 e. The molecule has 114 valence electrons. The molecule has 0 aliphatic heterocycles. The highest BCUT2D eigenvalue weighted by molar-refractivity contribution is 5.98. The van der Waals surface area contributed by atoms with Gasteiger partial charge >= 0.3 is 0 Å². The zero-order valence-corrected chi connectivity index (χ0v) is 12.8. The van der Waals surface area contributed by atoms with Crippen LogP contribution in [0.1, 0.15) is 38.8 Å². The monoisotopic (exact) mass is 300 g/mol. The summed E-state index contributed by atoms with van der Waals surface area (Å²) in [6.45, 7) is 4.88. The largest absolute Gasteiger partial charge is 0.485 e. The van der Waals surface area contributed by atoms with Gasteiger partial charge in [-0.3, -0.25) is 9.59 Å². The number of Topliss-reactive ketones (excluding diaryl/α,β-unsaturated/α-hetero) is 2. The van der Waals surface area contributed by atoms with E-state index in [1.807, 2.05) is 26.0 Å². The lowest BCUT2D eigenvalue weighted by atomic mass is 10.0. The van der Waals surface area contributed by atoms with Gasteiger partial charge in [-0.25, -0.2) is 4.39 Å². The molecule has 0 heterocycles. The molecule has 0 radical (unpaired) electrons. The second-order valence-electron chi connectivity index (χ2n) is 5.23. The Balaban J connectivity index is 2.10. The molecule has 0 atom stereocenters. The second kappa shape index (κ2) is 6.52. The van der Waals surface area contributed by atoms with Crippen LogP contribution >= 0.6 is 0 Å². The summed E-state index contributed by atoms with van der Waals surface area (Å²) < 4.78 is 19.0. The van der Waals surface area contributed by atoms with Gasteiger partial charge in [0, 0.05) is 11.6 Å². The summed E-state index contributed by atoms with van der Waals surface area (Å²) in [6.07, 6.45) is 0. The molecule has 2 aromatic rings. The SMILES string of the molecule is CC(=O)c1ccc(OCC(=O)c2cc(C)ccc2C)cc1F. The summed E-state index contributed by atoms with van der Waals surface area (Å²) in [5, 5.41) is 0. The van der Waals surface area contributed by atoms with Gasteiger partial charge in [-0.1, -0.05) is 17.7 Å². The Bertz CT molecular complexity index is 735. The molecular weight excluding hydrogens is 283 g/mol. The van der Waals surface area contributed by atoms with Gasteiger partial charge in [-0.15, -0.1) is 0 Å². The molecule has 4 heteroatoms. The van der Waals surface area contributed by atoms with Crippen molar-refractivity contribution < 1.29 is 18.7 Å². The first-order valence-corrected chi connectivity index (χ1v) is 6.92. The van der Waals surface area contributed by atoms with E-state index < -0.39 is 5.82 Å². The van der Waals surface area contributed by atoms with Crippen molar-refractivity contribution in [2.45, 2.75) is 20.8 Å². The van der Waals surface area contributed by atoms with Gasteiger partial charge in [-0.2, -0.15) is 0 Å².